The van der Waals surface area contributed by atoms with Crippen LogP contribution in [0.1, 0.15) is 174 Å². The molecule has 1 heterocycles. The lowest BCUT2D eigenvalue weighted by Crippen LogP contribution is -2.43. The van der Waals surface area contributed by atoms with Gasteiger partial charge in [-0.3, -0.25) is 14.1 Å². The van der Waals surface area contributed by atoms with Crippen LogP contribution in [0.25, 0.3) is 0 Å². The molecule has 0 aromatic carbocycles. The third-order valence-corrected chi connectivity index (χ3v) is 10.3. The van der Waals surface area contributed by atoms with Gasteiger partial charge in [-0.1, -0.05) is 147 Å². The molecule has 12 nitrogen and oxygen atoms in total. The van der Waals surface area contributed by atoms with Crippen molar-refractivity contribution in [3.8, 4) is 0 Å². The molecule has 54 heavy (non-hydrogen) atoms. The molecule has 1 rings (SSSR count). The minimum atomic E-state index is -4.83. The van der Waals surface area contributed by atoms with Gasteiger partial charge in [-0.05, 0) is 32.1 Å². The second kappa shape index (κ2) is 32.5. The van der Waals surface area contributed by atoms with Crippen LogP contribution in [-0.2, 0) is 32.9 Å². The summed E-state index contributed by atoms with van der Waals surface area (Å²) in [4.78, 5) is 43.1. The van der Waals surface area contributed by atoms with Gasteiger partial charge in [-0.2, -0.15) is 0 Å². The second-order valence-corrected chi connectivity index (χ2v) is 16.1. The van der Waals surface area contributed by atoms with E-state index < -0.39 is 57.1 Å². The van der Waals surface area contributed by atoms with Gasteiger partial charge in [-0.15, -0.1) is 0 Å². The average molecular weight is 791 g/mol. The fourth-order valence-corrected chi connectivity index (χ4v) is 6.89. The molecule has 0 bridgehead atoms. The van der Waals surface area contributed by atoms with Gasteiger partial charge in [0.1, 0.15) is 6.61 Å². The van der Waals surface area contributed by atoms with E-state index in [1.165, 1.54) is 70.6 Å². The highest BCUT2D eigenvalue weighted by Crippen LogP contribution is 2.36. The number of phosphoric acid groups is 1. The van der Waals surface area contributed by atoms with Crippen molar-refractivity contribution in [3.05, 3.63) is 24.3 Å². The van der Waals surface area contributed by atoms with Crippen LogP contribution in [0.5, 0.6) is 0 Å². The van der Waals surface area contributed by atoms with Crippen molar-refractivity contribution in [1.29, 1.82) is 0 Å². The number of allylic oxidation sites excluding steroid dienone is 2. The minimum Gasteiger partial charge on any atom is -0.462 e. The predicted molar refractivity (Wildman–Crippen MR) is 210 cm³/mol. The van der Waals surface area contributed by atoms with Crippen molar-refractivity contribution in [3.63, 3.8) is 0 Å². The first-order chi connectivity index (χ1) is 25.9. The van der Waals surface area contributed by atoms with E-state index in [1.54, 1.807) is 12.2 Å². The fraction of sp³-hybridized carbons (Fsp3) is 0.854. The Hall–Kier alpha value is -1.63. The van der Waals surface area contributed by atoms with Gasteiger partial charge in [0, 0.05) is 25.2 Å². The van der Waals surface area contributed by atoms with E-state index in [9.17, 15) is 29.5 Å². The largest absolute Gasteiger partial charge is 0.469 e. The molecule has 1 aliphatic rings. The molecule has 0 aromatic rings. The highest BCUT2D eigenvalue weighted by molar-refractivity contribution is 7.46. The Morgan fingerprint density at radius 2 is 1.31 bits per heavy atom. The number of ether oxygens (including phenoxy) is 3. The number of carbonyl (C=O) groups excluding carboxylic acids is 2. The van der Waals surface area contributed by atoms with Crippen molar-refractivity contribution in [2.45, 2.75) is 205 Å². The molecular formula is C41H75O12P. The lowest BCUT2D eigenvalue weighted by Gasteiger charge is -2.36. The number of carbonyl (C=O) groups is 2. The van der Waals surface area contributed by atoms with Crippen LogP contribution in [0, 0.1) is 5.92 Å². The summed E-state index contributed by atoms with van der Waals surface area (Å²) >= 11 is 0. The van der Waals surface area contributed by atoms with Crippen LogP contribution in [0.2, 0.25) is 0 Å². The number of aliphatic hydroxyl groups excluding tert-OH is 3. The zero-order valence-electron chi connectivity index (χ0n) is 33.4. The normalized spacial score (nSPS) is 20.4. The molecule has 1 fully saturated rings. The van der Waals surface area contributed by atoms with Gasteiger partial charge < -0.3 is 39.3 Å². The van der Waals surface area contributed by atoms with Crippen LogP contribution in [-0.4, -0.2) is 81.0 Å². The number of phosphoric ester groups is 1. The Labute approximate surface area is 325 Å². The lowest BCUT2D eigenvalue weighted by atomic mass is 9.87. The first kappa shape index (κ1) is 50.4. The maximum absolute atomic E-state index is 12.5. The maximum atomic E-state index is 12.5. The topological polar surface area (TPSA) is 189 Å². The smallest absolute Gasteiger partial charge is 0.462 e. The van der Waals surface area contributed by atoms with Crippen LogP contribution >= 0.6 is 7.82 Å². The van der Waals surface area contributed by atoms with E-state index in [4.69, 9.17) is 24.0 Å². The number of unbranched alkanes of at least 4 members (excludes halogenated alkanes) is 17. The van der Waals surface area contributed by atoms with Gasteiger partial charge in [0.2, 0.25) is 0 Å². The molecule has 0 amide bonds. The zero-order chi connectivity index (χ0) is 39.9. The summed E-state index contributed by atoms with van der Waals surface area (Å²) in [5, 5.41) is 30.8. The van der Waals surface area contributed by atoms with Gasteiger partial charge in [-0.25, -0.2) is 4.57 Å². The molecular weight excluding hydrogens is 715 g/mol. The molecule has 6 atom stereocenters. The highest BCUT2D eigenvalue weighted by atomic mass is 31.2. The Kier molecular flexibility index (Phi) is 30.3. The quantitative estimate of drug-likeness (QED) is 0.0181. The van der Waals surface area contributed by atoms with Crippen molar-refractivity contribution in [1.82, 2.24) is 0 Å². The third kappa shape index (κ3) is 28.7. The Morgan fingerprint density at radius 1 is 0.759 bits per heavy atom. The standard InChI is InChI=1S/C41H75O12P/c1-3-5-7-8-9-10-11-12-13-14-15-16-17-18-23-27-39(44)50-32-35(33-51-54(47,48)49)52-40(45)28-24-20-19-22-26-36-37(43)31-41(46)53-38(36)30-29-34(42)25-21-6-4-2/h19,22,29-30,34-38,41-43,46H,3-18,20-21,23-28,31-33H2,1-2H3,(H2,47,48,49)/b22-19-,30-29+/t34-,35+,36-,37-,38+,41?/m0/s1. The maximum Gasteiger partial charge on any atom is 0.469 e. The monoisotopic (exact) mass is 790 g/mol. The average Bonchev–Trinajstić information content (AvgIpc) is 3.12. The van der Waals surface area contributed by atoms with E-state index >= 15 is 0 Å². The van der Waals surface area contributed by atoms with E-state index in [0.717, 1.165) is 38.5 Å². The number of rotatable bonds is 34. The van der Waals surface area contributed by atoms with Crippen LogP contribution in [0.15, 0.2) is 24.3 Å². The second-order valence-electron chi connectivity index (χ2n) is 14.9. The van der Waals surface area contributed by atoms with Gasteiger partial charge in [0.25, 0.3) is 0 Å². The molecule has 13 heteroatoms. The highest BCUT2D eigenvalue weighted by Gasteiger charge is 2.35. The van der Waals surface area contributed by atoms with Crippen LogP contribution in [0.3, 0.4) is 0 Å². The van der Waals surface area contributed by atoms with Gasteiger partial charge in [0.15, 0.2) is 12.4 Å². The summed E-state index contributed by atoms with van der Waals surface area (Å²) in [6.45, 7) is 3.36. The first-order valence-corrected chi connectivity index (χ1v) is 22.6. The Bertz CT molecular complexity index is 1050. The lowest BCUT2D eigenvalue weighted by molar-refractivity contribution is -0.199. The minimum absolute atomic E-state index is 0.0203. The van der Waals surface area contributed by atoms with Crippen molar-refractivity contribution < 1.29 is 58.0 Å². The number of hydrogen-bond acceptors (Lipinski definition) is 10. The van der Waals surface area contributed by atoms with Crippen molar-refractivity contribution >= 4 is 19.8 Å². The molecule has 0 saturated carbocycles. The fourth-order valence-electron chi connectivity index (χ4n) is 6.53. The Morgan fingerprint density at radius 3 is 1.91 bits per heavy atom. The summed E-state index contributed by atoms with van der Waals surface area (Å²) in [6, 6.07) is 0. The molecule has 1 unspecified atom stereocenters. The number of esters is 2. The summed E-state index contributed by atoms with van der Waals surface area (Å²) in [5.41, 5.74) is 0. The van der Waals surface area contributed by atoms with E-state index in [-0.39, 0.29) is 31.8 Å². The van der Waals surface area contributed by atoms with Crippen LogP contribution < -0.4 is 0 Å². The number of aliphatic hydroxyl groups is 3. The Balaban J connectivity index is 2.33. The van der Waals surface area contributed by atoms with Gasteiger partial charge >= 0.3 is 19.8 Å². The molecule has 0 spiro atoms. The zero-order valence-corrected chi connectivity index (χ0v) is 34.3. The van der Waals surface area contributed by atoms with E-state index in [1.807, 2.05) is 12.2 Å². The van der Waals surface area contributed by atoms with Crippen molar-refractivity contribution in [2.75, 3.05) is 13.2 Å². The molecule has 1 saturated heterocycles. The molecule has 5 N–H and O–H groups in total. The summed E-state index contributed by atoms with van der Waals surface area (Å²) in [5.74, 6) is -1.39. The van der Waals surface area contributed by atoms with Gasteiger partial charge in [0.05, 0.1) is 24.9 Å². The van der Waals surface area contributed by atoms with E-state index in [0.29, 0.717) is 32.1 Å². The summed E-state index contributed by atoms with van der Waals surface area (Å²) in [7, 11) is -4.83. The van der Waals surface area contributed by atoms with Crippen molar-refractivity contribution in [2.24, 2.45) is 5.92 Å². The van der Waals surface area contributed by atoms with Crippen LogP contribution in [0.4, 0.5) is 0 Å². The molecule has 0 aromatic heterocycles. The summed E-state index contributed by atoms with van der Waals surface area (Å²) in [6.07, 6.45) is 26.6. The molecule has 1 aliphatic heterocycles. The number of hydrogen-bond donors (Lipinski definition) is 5. The molecule has 0 aliphatic carbocycles. The molecule has 316 valence electrons. The SMILES string of the molecule is CCCCCCCCCCCCCCCCCC(=O)OC[C@H](COP(=O)(O)O)OC(=O)CCC/C=C\C[C@H]1[C@@H](O)CC(O)O[C@@H]1/C=C/[C@@H](O)CCCCC. The predicted octanol–water partition coefficient (Wildman–Crippen LogP) is 8.51. The van der Waals surface area contributed by atoms with E-state index in [2.05, 4.69) is 18.4 Å². The summed E-state index contributed by atoms with van der Waals surface area (Å²) < 4.78 is 32.0. The third-order valence-electron chi connectivity index (χ3n) is 9.77. The molecule has 0 radical (unpaired) electrons. The first-order valence-electron chi connectivity index (χ1n) is 21.0.